The summed E-state index contributed by atoms with van der Waals surface area (Å²) in [6, 6.07) is 0. The maximum atomic E-state index is 10.3. The molecule has 0 radical (unpaired) electrons. The predicted molar refractivity (Wildman–Crippen MR) is 69.3 cm³/mol. The number of anilines is 1. The van der Waals surface area contributed by atoms with Crippen LogP contribution in [0.1, 0.15) is 6.23 Å². The van der Waals surface area contributed by atoms with Gasteiger partial charge >= 0.3 is 0 Å². The molecule has 3 heterocycles. The van der Waals surface area contributed by atoms with Crippen LogP contribution in [0.4, 0.5) is 5.82 Å². The minimum absolute atomic E-state index is 0.209. The lowest BCUT2D eigenvalue weighted by Gasteiger charge is -2.17. The Labute approximate surface area is 114 Å². The molecule has 0 spiro atoms. The summed E-state index contributed by atoms with van der Waals surface area (Å²) in [5.41, 5.74) is 12.3. The van der Waals surface area contributed by atoms with Gasteiger partial charge in [-0.05, 0) is 0 Å². The summed E-state index contributed by atoms with van der Waals surface area (Å²) >= 11 is 0. The van der Waals surface area contributed by atoms with Gasteiger partial charge in [-0.1, -0.05) is 0 Å². The number of hydrogen-bond acceptors (Lipinski definition) is 8. The molecule has 2 aromatic rings. The summed E-state index contributed by atoms with van der Waals surface area (Å²) in [6.45, 7) is 0.00578. The van der Waals surface area contributed by atoms with E-state index in [2.05, 4.69) is 15.0 Å². The Morgan fingerprint density at radius 2 is 2.15 bits per heavy atom. The van der Waals surface area contributed by atoms with E-state index in [1.165, 1.54) is 12.7 Å². The number of ether oxygens (including phenoxy) is 1. The second-order valence-corrected chi connectivity index (χ2v) is 4.72. The van der Waals surface area contributed by atoms with Crippen LogP contribution in [0, 0.1) is 5.92 Å². The minimum Gasteiger partial charge on any atom is -0.394 e. The third-order valence-electron chi connectivity index (χ3n) is 3.64. The van der Waals surface area contributed by atoms with Gasteiger partial charge in [0.15, 0.2) is 17.7 Å². The van der Waals surface area contributed by atoms with Gasteiger partial charge in [0.05, 0.1) is 19.0 Å². The van der Waals surface area contributed by atoms with Crippen LogP contribution in [0.15, 0.2) is 12.7 Å². The third kappa shape index (κ3) is 1.83. The minimum atomic E-state index is -0.856. The molecule has 4 atom stereocenters. The average molecular weight is 280 g/mol. The number of imidazole rings is 1. The van der Waals surface area contributed by atoms with E-state index in [9.17, 15) is 10.2 Å². The molecule has 0 amide bonds. The van der Waals surface area contributed by atoms with Crippen LogP contribution in [0.2, 0.25) is 0 Å². The van der Waals surface area contributed by atoms with Crippen molar-refractivity contribution in [1.29, 1.82) is 0 Å². The van der Waals surface area contributed by atoms with E-state index in [0.717, 1.165) is 0 Å². The summed E-state index contributed by atoms with van der Waals surface area (Å²) in [4.78, 5) is 12.1. The molecule has 9 heteroatoms. The standard InChI is InChI=1S/C11H16N6O3/c12-1-5-6(2-18)20-11(8(5)19)17-4-16-7-9(13)14-3-15-10(7)17/h3-6,8,11,18-19H,1-2,12H2,(H2,13,14,15)/t5-,6-,8-,11-/m1/s1. The highest BCUT2D eigenvalue weighted by atomic mass is 16.5. The fourth-order valence-corrected chi connectivity index (χ4v) is 2.55. The van der Waals surface area contributed by atoms with Gasteiger partial charge in [-0.3, -0.25) is 4.57 Å². The van der Waals surface area contributed by atoms with Crippen molar-refractivity contribution in [1.82, 2.24) is 19.5 Å². The summed E-state index contributed by atoms with van der Waals surface area (Å²) in [5.74, 6) is -0.0862. The van der Waals surface area contributed by atoms with Crippen molar-refractivity contribution in [3.05, 3.63) is 12.7 Å². The smallest absolute Gasteiger partial charge is 0.167 e. The first-order valence-electron chi connectivity index (χ1n) is 6.24. The second-order valence-electron chi connectivity index (χ2n) is 4.72. The van der Waals surface area contributed by atoms with Crippen molar-refractivity contribution in [3.63, 3.8) is 0 Å². The predicted octanol–water partition coefficient (Wildman–Crippen LogP) is -1.77. The Hall–Kier alpha value is -1.81. The molecule has 20 heavy (non-hydrogen) atoms. The largest absolute Gasteiger partial charge is 0.394 e. The number of rotatable bonds is 3. The molecule has 1 fully saturated rings. The van der Waals surface area contributed by atoms with Crippen molar-refractivity contribution in [2.75, 3.05) is 18.9 Å². The zero-order valence-electron chi connectivity index (χ0n) is 10.6. The fourth-order valence-electron chi connectivity index (χ4n) is 2.55. The van der Waals surface area contributed by atoms with E-state index in [4.69, 9.17) is 16.2 Å². The van der Waals surface area contributed by atoms with Gasteiger partial charge in [-0.25, -0.2) is 15.0 Å². The number of fused-ring (bicyclic) bond motifs is 1. The lowest BCUT2D eigenvalue weighted by molar-refractivity contribution is -0.0492. The molecule has 108 valence electrons. The van der Waals surface area contributed by atoms with Crippen LogP contribution in [0.3, 0.4) is 0 Å². The Kier molecular flexibility index (Phi) is 3.26. The lowest BCUT2D eigenvalue weighted by Crippen LogP contribution is -2.34. The quantitative estimate of drug-likeness (QED) is 0.517. The molecule has 9 nitrogen and oxygen atoms in total. The van der Waals surface area contributed by atoms with Gasteiger partial charge in [0.2, 0.25) is 0 Å². The van der Waals surface area contributed by atoms with Gasteiger partial charge in [0.25, 0.3) is 0 Å². The number of nitrogen functional groups attached to an aromatic ring is 1. The molecule has 1 saturated heterocycles. The highest BCUT2D eigenvalue weighted by Crippen LogP contribution is 2.34. The molecule has 3 rings (SSSR count). The Bertz CT molecular complexity index is 617. The summed E-state index contributed by atoms with van der Waals surface area (Å²) in [7, 11) is 0. The van der Waals surface area contributed by atoms with Gasteiger partial charge in [-0.15, -0.1) is 0 Å². The lowest BCUT2D eigenvalue weighted by atomic mass is 9.99. The number of aliphatic hydroxyl groups excluding tert-OH is 2. The summed E-state index contributed by atoms with van der Waals surface area (Å²) in [6.07, 6.45) is 0.722. The maximum absolute atomic E-state index is 10.3. The Morgan fingerprint density at radius 1 is 1.35 bits per heavy atom. The van der Waals surface area contributed by atoms with Gasteiger partial charge in [0.1, 0.15) is 17.9 Å². The first-order valence-corrected chi connectivity index (χ1v) is 6.24. The van der Waals surface area contributed by atoms with Crippen LogP contribution in [-0.4, -0.2) is 55.1 Å². The zero-order valence-corrected chi connectivity index (χ0v) is 10.6. The molecule has 6 N–H and O–H groups in total. The van der Waals surface area contributed by atoms with Crippen LogP contribution >= 0.6 is 0 Å². The maximum Gasteiger partial charge on any atom is 0.167 e. The van der Waals surface area contributed by atoms with E-state index in [1.54, 1.807) is 4.57 Å². The molecule has 0 saturated carbocycles. The normalized spacial score (nSPS) is 30.1. The third-order valence-corrected chi connectivity index (χ3v) is 3.64. The van der Waals surface area contributed by atoms with Crippen LogP contribution in [-0.2, 0) is 4.74 Å². The molecule has 0 bridgehead atoms. The highest BCUT2D eigenvalue weighted by molar-refractivity contribution is 5.81. The van der Waals surface area contributed by atoms with Crippen molar-refractivity contribution in [2.24, 2.45) is 11.7 Å². The SMILES string of the molecule is NC[C@H]1[C@@H](O)[C@H](n2cnc3c(N)ncnc32)O[C@@H]1CO. The Balaban J connectivity index is 2.01. The van der Waals surface area contributed by atoms with E-state index in [-0.39, 0.29) is 24.9 Å². The first-order chi connectivity index (χ1) is 9.67. The van der Waals surface area contributed by atoms with Gasteiger partial charge in [-0.2, -0.15) is 0 Å². The molecular formula is C11H16N6O3. The van der Waals surface area contributed by atoms with Crippen molar-refractivity contribution in [3.8, 4) is 0 Å². The highest BCUT2D eigenvalue weighted by Gasteiger charge is 2.44. The topological polar surface area (TPSA) is 145 Å². The van der Waals surface area contributed by atoms with Gasteiger partial charge < -0.3 is 26.4 Å². The van der Waals surface area contributed by atoms with Crippen LogP contribution < -0.4 is 11.5 Å². The fraction of sp³-hybridized carbons (Fsp3) is 0.545. The average Bonchev–Trinajstić information content (AvgIpc) is 3.00. The monoisotopic (exact) mass is 280 g/mol. The van der Waals surface area contributed by atoms with Crippen LogP contribution in [0.25, 0.3) is 11.2 Å². The van der Waals surface area contributed by atoms with Crippen molar-refractivity contribution >= 4 is 17.0 Å². The molecule has 2 aromatic heterocycles. The second kappa shape index (κ2) is 4.94. The molecule has 0 aliphatic carbocycles. The molecule has 0 aromatic carbocycles. The van der Waals surface area contributed by atoms with E-state index < -0.39 is 18.4 Å². The number of nitrogens with two attached hydrogens (primary N) is 2. The Morgan fingerprint density at radius 3 is 2.80 bits per heavy atom. The van der Waals surface area contributed by atoms with E-state index in [1.807, 2.05) is 0 Å². The van der Waals surface area contributed by atoms with Crippen LogP contribution in [0.5, 0.6) is 0 Å². The molecule has 1 aliphatic heterocycles. The zero-order chi connectivity index (χ0) is 14.3. The van der Waals surface area contributed by atoms with Crippen molar-refractivity contribution < 1.29 is 14.9 Å². The van der Waals surface area contributed by atoms with Crippen molar-refractivity contribution in [2.45, 2.75) is 18.4 Å². The first kappa shape index (κ1) is 13.2. The number of nitrogens with zero attached hydrogens (tertiary/aromatic N) is 4. The summed E-state index contributed by atoms with van der Waals surface area (Å²) < 4.78 is 7.24. The number of aliphatic hydroxyl groups is 2. The van der Waals surface area contributed by atoms with E-state index in [0.29, 0.717) is 11.2 Å². The van der Waals surface area contributed by atoms with Gasteiger partial charge in [0, 0.05) is 12.5 Å². The number of aromatic nitrogens is 4. The molecular weight excluding hydrogens is 264 g/mol. The van der Waals surface area contributed by atoms with E-state index >= 15 is 0 Å². The molecule has 1 aliphatic rings. The number of hydrogen-bond donors (Lipinski definition) is 4. The summed E-state index contributed by atoms with van der Waals surface area (Å²) in [5, 5.41) is 19.6. The molecule has 0 unspecified atom stereocenters.